The molecular formula is C17H21NO4. The minimum Gasteiger partial charge on any atom is -0.481 e. The molecule has 0 atom stereocenters. The van der Waals surface area contributed by atoms with Crippen LogP contribution in [0, 0.1) is 13.8 Å². The van der Waals surface area contributed by atoms with Crippen LogP contribution in [0.1, 0.15) is 52.4 Å². The highest BCUT2D eigenvalue weighted by atomic mass is 16.5. The molecule has 1 aromatic rings. The molecule has 22 heavy (non-hydrogen) atoms. The fraction of sp³-hybridized carbons (Fsp3) is 0.412. The van der Waals surface area contributed by atoms with Crippen molar-refractivity contribution in [3.05, 3.63) is 39.5 Å². The molecule has 0 aromatic heterocycles. The van der Waals surface area contributed by atoms with E-state index in [9.17, 15) is 9.59 Å². The van der Waals surface area contributed by atoms with E-state index in [0.29, 0.717) is 30.7 Å². The van der Waals surface area contributed by atoms with E-state index in [1.807, 2.05) is 26.8 Å². The van der Waals surface area contributed by atoms with E-state index in [1.165, 1.54) is 0 Å². The maximum Gasteiger partial charge on any atom is 0.341 e. The molecule has 0 spiro atoms. The van der Waals surface area contributed by atoms with E-state index in [-0.39, 0.29) is 12.4 Å². The first-order valence-electron chi connectivity index (χ1n) is 7.27. The molecule has 5 nitrogen and oxygen atoms in total. The summed E-state index contributed by atoms with van der Waals surface area (Å²) in [6.45, 7) is 6.16. The maximum atomic E-state index is 11.8. The summed E-state index contributed by atoms with van der Waals surface area (Å²) in [5.74, 6) is -1.16. The van der Waals surface area contributed by atoms with Gasteiger partial charge in [0.15, 0.2) is 0 Å². The number of hydrogen-bond acceptors (Lipinski definition) is 4. The quantitative estimate of drug-likeness (QED) is 0.496. The smallest absolute Gasteiger partial charge is 0.341 e. The SMILES string of the molecule is CC(=CCc1c(C)c(C)c2c(c1N)C(=O)OC2)CCC(=O)O. The summed E-state index contributed by atoms with van der Waals surface area (Å²) >= 11 is 0. The second-order valence-corrected chi connectivity index (χ2v) is 5.72. The van der Waals surface area contributed by atoms with Gasteiger partial charge in [-0.2, -0.15) is 0 Å². The molecule has 0 saturated heterocycles. The van der Waals surface area contributed by atoms with E-state index in [1.54, 1.807) is 0 Å². The Labute approximate surface area is 129 Å². The first-order chi connectivity index (χ1) is 10.3. The van der Waals surface area contributed by atoms with Crippen LogP contribution in [-0.2, 0) is 22.6 Å². The molecule has 118 valence electrons. The molecule has 1 aliphatic rings. The Morgan fingerprint density at radius 2 is 2.00 bits per heavy atom. The van der Waals surface area contributed by atoms with E-state index < -0.39 is 5.97 Å². The number of ether oxygens (including phenoxy) is 1. The zero-order valence-corrected chi connectivity index (χ0v) is 13.2. The third-order valence-corrected chi connectivity index (χ3v) is 4.30. The predicted molar refractivity (Wildman–Crippen MR) is 83.8 cm³/mol. The van der Waals surface area contributed by atoms with Crippen molar-refractivity contribution in [2.75, 3.05) is 5.73 Å². The standard InChI is InChI=1S/C17H21NO4/c1-9(5-7-14(19)20)4-6-12-10(2)11(3)13-8-22-17(21)15(13)16(12)18/h4H,5-8,18H2,1-3H3,(H,19,20). The van der Waals surface area contributed by atoms with E-state index in [2.05, 4.69) is 0 Å². The van der Waals surface area contributed by atoms with Crippen molar-refractivity contribution in [2.24, 2.45) is 0 Å². The Bertz CT molecular complexity index is 674. The second-order valence-electron chi connectivity index (χ2n) is 5.72. The Morgan fingerprint density at radius 3 is 2.64 bits per heavy atom. The summed E-state index contributed by atoms with van der Waals surface area (Å²) in [5, 5.41) is 8.71. The molecule has 3 N–H and O–H groups in total. The third-order valence-electron chi connectivity index (χ3n) is 4.30. The van der Waals surface area contributed by atoms with E-state index in [0.717, 1.165) is 27.8 Å². The summed E-state index contributed by atoms with van der Waals surface area (Å²) < 4.78 is 5.09. The molecule has 2 rings (SSSR count). The number of benzene rings is 1. The second kappa shape index (κ2) is 6.22. The Kier molecular flexibility index (Phi) is 4.54. The van der Waals surface area contributed by atoms with E-state index >= 15 is 0 Å². The van der Waals surface area contributed by atoms with Crippen LogP contribution in [-0.4, -0.2) is 17.0 Å². The van der Waals surface area contributed by atoms with Gasteiger partial charge in [0.05, 0.1) is 11.3 Å². The first kappa shape index (κ1) is 16.1. The van der Waals surface area contributed by atoms with Crippen molar-refractivity contribution in [3.8, 4) is 0 Å². The lowest BCUT2D eigenvalue weighted by Crippen LogP contribution is -2.08. The van der Waals surface area contributed by atoms with Crippen molar-refractivity contribution in [1.82, 2.24) is 0 Å². The topological polar surface area (TPSA) is 89.6 Å². The number of nitrogens with two attached hydrogens (primary N) is 1. The number of cyclic esters (lactones) is 1. The van der Waals surface area contributed by atoms with Gasteiger partial charge in [-0.3, -0.25) is 4.79 Å². The summed E-state index contributed by atoms with van der Waals surface area (Å²) in [5.41, 5.74) is 12.1. The van der Waals surface area contributed by atoms with Gasteiger partial charge >= 0.3 is 11.9 Å². The van der Waals surface area contributed by atoms with Crippen LogP contribution in [0.15, 0.2) is 11.6 Å². The van der Waals surface area contributed by atoms with Gasteiger partial charge in [-0.15, -0.1) is 0 Å². The number of nitrogen functional groups attached to an aromatic ring is 1. The molecule has 0 amide bonds. The highest BCUT2D eigenvalue weighted by Crippen LogP contribution is 2.35. The van der Waals surface area contributed by atoms with Crippen molar-refractivity contribution in [3.63, 3.8) is 0 Å². The fourth-order valence-electron chi connectivity index (χ4n) is 2.72. The molecular weight excluding hydrogens is 282 g/mol. The largest absolute Gasteiger partial charge is 0.481 e. The molecule has 0 unspecified atom stereocenters. The number of rotatable bonds is 5. The van der Waals surface area contributed by atoms with Crippen molar-refractivity contribution in [2.45, 2.75) is 46.6 Å². The van der Waals surface area contributed by atoms with Gasteiger partial charge in [-0.05, 0) is 50.3 Å². The van der Waals surface area contributed by atoms with Crippen molar-refractivity contribution < 1.29 is 19.4 Å². The molecule has 0 fully saturated rings. The van der Waals surface area contributed by atoms with Crippen LogP contribution in [0.2, 0.25) is 0 Å². The number of carboxylic acids is 1. The Balaban J connectivity index is 2.31. The number of carbonyl (C=O) groups excluding carboxylic acids is 1. The number of anilines is 1. The number of carbonyl (C=O) groups is 2. The van der Waals surface area contributed by atoms with Gasteiger partial charge in [0.2, 0.25) is 0 Å². The fourth-order valence-corrected chi connectivity index (χ4v) is 2.72. The molecule has 1 aliphatic heterocycles. The number of esters is 1. The third kappa shape index (κ3) is 2.98. The maximum absolute atomic E-state index is 11.8. The Hall–Kier alpha value is -2.30. The lowest BCUT2D eigenvalue weighted by Gasteiger charge is -2.15. The average molecular weight is 303 g/mol. The van der Waals surface area contributed by atoms with Crippen molar-refractivity contribution in [1.29, 1.82) is 0 Å². The zero-order chi connectivity index (χ0) is 16.4. The molecule has 0 radical (unpaired) electrons. The molecule has 0 aliphatic carbocycles. The Morgan fingerprint density at radius 1 is 1.32 bits per heavy atom. The molecule has 1 aromatic carbocycles. The van der Waals surface area contributed by atoms with Crippen LogP contribution in [0.5, 0.6) is 0 Å². The summed E-state index contributed by atoms with van der Waals surface area (Å²) in [4.78, 5) is 22.4. The van der Waals surface area contributed by atoms with Gasteiger partial charge < -0.3 is 15.6 Å². The number of fused-ring (bicyclic) bond motifs is 1. The van der Waals surface area contributed by atoms with Gasteiger partial charge in [-0.25, -0.2) is 4.79 Å². The minimum absolute atomic E-state index is 0.117. The van der Waals surface area contributed by atoms with Gasteiger partial charge in [0.25, 0.3) is 0 Å². The monoisotopic (exact) mass is 303 g/mol. The summed E-state index contributed by atoms with van der Waals surface area (Å²) in [6, 6.07) is 0. The molecule has 1 heterocycles. The number of allylic oxidation sites excluding steroid dienone is 2. The number of aliphatic carboxylic acids is 1. The van der Waals surface area contributed by atoms with Gasteiger partial charge in [-0.1, -0.05) is 11.6 Å². The lowest BCUT2D eigenvalue weighted by molar-refractivity contribution is -0.136. The van der Waals surface area contributed by atoms with Gasteiger partial charge in [0, 0.05) is 12.0 Å². The van der Waals surface area contributed by atoms with Crippen LogP contribution >= 0.6 is 0 Å². The minimum atomic E-state index is -0.806. The highest BCUT2D eigenvalue weighted by Gasteiger charge is 2.28. The number of carboxylic acid groups (broad SMARTS) is 1. The van der Waals surface area contributed by atoms with Crippen LogP contribution < -0.4 is 5.73 Å². The molecule has 5 heteroatoms. The zero-order valence-electron chi connectivity index (χ0n) is 13.2. The van der Waals surface area contributed by atoms with Crippen molar-refractivity contribution >= 4 is 17.6 Å². The normalized spacial score (nSPS) is 14.0. The summed E-state index contributed by atoms with van der Waals surface area (Å²) in [6.07, 6.45) is 3.20. The number of hydrogen-bond donors (Lipinski definition) is 2. The first-order valence-corrected chi connectivity index (χ1v) is 7.27. The van der Waals surface area contributed by atoms with Crippen LogP contribution in [0.25, 0.3) is 0 Å². The molecule has 0 bridgehead atoms. The lowest BCUT2D eigenvalue weighted by atomic mass is 9.90. The van der Waals surface area contributed by atoms with Gasteiger partial charge in [0.1, 0.15) is 6.61 Å². The predicted octanol–water partition coefficient (Wildman–Crippen LogP) is 2.91. The highest BCUT2D eigenvalue weighted by molar-refractivity contribution is 6.00. The summed E-state index contributed by atoms with van der Waals surface area (Å²) in [7, 11) is 0. The molecule has 0 saturated carbocycles. The average Bonchev–Trinajstić information content (AvgIpc) is 2.85. The van der Waals surface area contributed by atoms with Crippen LogP contribution in [0.3, 0.4) is 0 Å². The van der Waals surface area contributed by atoms with Crippen LogP contribution in [0.4, 0.5) is 5.69 Å². The van der Waals surface area contributed by atoms with E-state index in [4.69, 9.17) is 15.6 Å².